The Balaban J connectivity index is 0.000000541. The topological polar surface area (TPSA) is 762 Å². The van der Waals surface area contributed by atoms with Gasteiger partial charge in [-0.3, -0.25) is 28.8 Å². The molecule has 19 N–H and O–H groups in total. The molecule has 49 nitrogen and oxygen atoms in total. The molecule has 0 amide bonds. The molecule has 0 aliphatic heterocycles. The van der Waals surface area contributed by atoms with Gasteiger partial charge in [0.1, 0.15) is 110 Å². The number of nitrogens with one attached hydrogen (secondary N) is 1. The first-order chi connectivity index (χ1) is 63.4. The van der Waals surface area contributed by atoms with Gasteiger partial charge in [-0.25, -0.2) is 0 Å². The van der Waals surface area contributed by atoms with Gasteiger partial charge in [-0.05, 0) is 182 Å². The van der Waals surface area contributed by atoms with Crippen LogP contribution in [0.5, 0.6) is 34.5 Å². The Labute approximate surface area is 760 Å². The van der Waals surface area contributed by atoms with Gasteiger partial charge < -0.3 is 128 Å². The number of phenolic OH excluding ortho intramolecular Hbond substituents is 6. The third-order valence-electron chi connectivity index (χ3n) is 17.4. The summed E-state index contributed by atoms with van der Waals surface area (Å²) in [6, 6.07) is 40.7. The van der Waals surface area contributed by atoms with Gasteiger partial charge in [0.25, 0.3) is 30.5 Å². The molecule has 0 spiro atoms. The van der Waals surface area contributed by atoms with E-state index in [1.54, 1.807) is 109 Å². The summed E-state index contributed by atoms with van der Waals surface area (Å²) in [6.07, 6.45) is 7.60. The molecule has 0 fully saturated rings. The third kappa shape index (κ3) is 59.9. The van der Waals surface area contributed by atoms with Gasteiger partial charge in [-0.1, -0.05) is 116 Å². The van der Waals surface area contributed by atoms with Crippen molar-refractivity contribution in [1.29, 1.82) is 0 Å². The smallest absolute Gasteiger partial charge is 0.323 e. The van der Waals surface area contributed by atoms with Crippen LogP contribution in [-0.2, 0) is 138 Å². The Bertz CT molecular complexity index is 4450. The average molecular weight is 1880 g/mol. The molecule has 7 aromatic carbocycles. The number of Topliss-reactive ketones (excluding diaryl/α,β-unsaturated/α-hetero) is 1. The second-order valence-corrected chi connectivity index (χ2v) is 28.1. The van der Waals surface area contributed by atoms with E-state index in [4.69, 9.17) is 83.2 Å². The quantitative estimate of drug-likeness (QED) is 0.00790. The van der Waals surface area contributed by atoms with E-state index in [2.05, 4.69) is 34.3 Å². The lowest BCUT2D eigenvalue weighted by atomic mass is 9.99. The predicted octanol–water partition coefficient (Wildman–Crippen LogP) is 4.92. The lowest BCUT2D eigenvalue weighted by Crippen LogP contribution is -2.36. The summed E-state index contributed by atoms with van der Waals surface area (Å²) in [7, 11) is 0. The molecule has 7 rings (SSSR count). The highest BCUT2D eigenvalue weighted by atomic mass is 17.0. The van der Waals surface area contributed by atoms with Crippen LogP contribution in [0.1, 0.15) is 102 Å². The van der Waals surface area contributed by atoms with Crippen molar-refractivity contribution in [2.24, 2.45) is 34.4 Å². The number of hydrogen-bond acceptors (Lipinski definition) is 43. The Morgan fingerprint density at radius 1 is 0.256 bits per heavy atom. The predicted molar refractivity (Wildman–Crippen MR) is 466 cm³/mol. The zero-order valence-corrected chi connectivity index (χ0v) is 72.4. The lowest BCUT2D eigenvalue weighted by Gasteiger charge is -2.12. The van der Waals surface area contributed by atoms with Gasteiger partial charge >= 0.3 is 29.8 Å². The van der Waals surface area contributed by atoms with Gasteiger partial charge in [0.05, 0.1) is 52.3 Å². The summed E-state index contributed by atoms with van der Waals surface area (Å²) in [5, 5.41) is 112. The molecule has 0 heterocycles. The molecule has 0 aliphatic carbocycles. The molecule has 0 radical (unpaired) electrons. The maximum atomic E-state index is 12.0. The molecule has 49 heteroatoms. The molecule has 0 aromatic heterocycles. The fraction of sp³-hybridized carbons (Fsp3) is 0.429. The first kappa shape index (κ1) is 114. The first-order valence-corrected chi connectivity index (χ1v) is 40.9. The minimum atomic E-state index is -0.911. The molecular formula is C84H113N13O36. The minimum Gasteiger partial charge on any atom is -0.508 e. The van der Waals surface area contributed by atoms with E-state index in [-0.39, 0.29) is 152 Å². The van der Waals surface area contributed by atoms with E-state index >= 15 is 0 Å². The van der Waals surface area contributed by atoms with E-state index < -0.39 is 96.6 Å². The SMILES string of the molecule is NC(Cc1ccc(O)cc1)C(=O)CCCCCCCO[N+](=O)[O-].NC(Cc1ccc(O)cc1)C(=O)OCCCCO[N+](=O)[O-].NC(Cc1ccc(O)cc1)C(=O)OCCCO[N+](=O)[O-].NC(Cc1ccc(O)cc1)C(=O)OCCNCCO[N+](=O)[O-].NC(Cc1ccc(O)cc1)C(=O)OCCOCCO[N+](=O)[O-].NC(Cc1ccc(O)cc1)C(=O)OCc1ccc(CO[N+](=O)[O-])cc1. The fourth-order valence-electron chi connectivity index (χ4n) is 10.6. The second kappa shape index (κ2) is 68.3. The number of hydrogen-bond donors (Lipinski definition) is 13. The van der Waals surface area contributed by atoms with Crippen LogP contribution in [0.3, 0.4) is 0 Å². The van der Waals surface area contributed by atoms with Crippen LogP contribution in [0, 0.1) is 60.7 Å². The lowest BCUT2D eigenvalue weighted by molar-refractivity contribution is -0.763. The van der Waals surface area contributed by atoms with Crippen LogP contribution < -0.4 is 39.7 Å². The minimum absolute atomic E-state index is 0.000571. The van der Waals surface area contributed by atoms with Crippen LogP contribution in [0.15, 0.2) is 170 Å². The highest BCUT2D eigenvalue weighted by Crippen LogP contribution is 2.19. The highest BCUT2D eigenvalue weighted by Gasteiger charge is 2.22. The number of aromatic hydroxyl groups is 6. The molecule has 6 unspecified atom stereocenters. The molecule has 7 aromatic rings. The molecular weight excluding hydrogens is 1770 g/mol. The molecule has 133 heavy (non-hydrogen) atoms. The molecule has 0 bridgehead atoms. The zero-order chi connectivity index (χ0) is 98.7. The average Bonchev–Trinajstić information content (AvgIpc) is 0.915. The number of carbonyl (C=O) groups is 6. The van der Waals surface area contributed by atoms with Crippen LogP contribution in [0.2, 0.25) is 0 Å². The van der Waals surface area contributed by atoms with Crippen molar-refractivity contribution in [3.8, 4) is 34.5 Å². The maximum absolute atomic E-state index is 12.0. The van der Waals surface area contributed by atoms with Gasteiger partial charge in [0.15, 0.2) is 0 Å². The van der Waals surface area contributed by atoms with E-state index in [1.165, 1.54) is 60.7 Å². The standard InChI is InChI=1S/C17H18N2O6.C16H24N2O5.C13H19N3O6.C13H18N2O7.C13H18N2O6.C12H16N2O6/c18-16(9-12-5-7-15(20)8-6-12)17(21)24-10-13-1-3-14(4-2-13)11-25-19(22)23;17-15(12-13-7-9-14(19)10-8-13)16(20)6-4-2-1-3-5-11-23-18(21)22;14-12(9-10-1-3-11(17)4-2-10)13(18)21-7-5-15-6-8-22-16(19)20;14-12(9-10-1-3-11(16)4-2-10)13(17)21-7-5-20-6-8-22-15(18)19;14-12(9-10-3-5-11(16)6-4-10)13(17)20-7-1-2-8-21-15(18)19;13-11(8-9-2-4-10(15)5-3-9)12(16)19-6-1-7-20-14(17)18/h1-8,16,20H,9-11,18H2;7-10,15,19H,1-6,11-12,17H2;1-4,12,15,17H,5-9,14H2;1-4,12,16H,5-9,14H2;3-6,12,16H,1-2,7-9,14H2;2-5,11,15H,1,6-8,13H2. The summed E-state index contributed by atoms with van der Waals surface area (Å²) in [5.41, 5.74) is 40.9. The fourth-order valence-corrected chi connectivity index (χ4v) is 10.6. The summed E-state index contributed by atoms with van der Waals surface area (Å²) >= 11 is 0. The van der Waals surface area contributed by atoms with Gasteiger partial charge in [-0.15, -0.1) is 60.7 Å². The van der Waals surface area contributed by atoms with Crippen molar-refractivity contribution in [3.63, 3.8) is 0 Å². The molecule has 730 valence electrons. The largest absolute Gasteiger partial charge is 0.508 e. The summed E-state index contributed by atoms with van der Waals surface area (Å²) < 4.78 is 29.9. The Morgan fingerprint density at radius 2 is 0.496 bits per heavy atom. The van der Waals surface area contributed by atoms with Crippen molar-refractivity contribution in [2.75, 3.05) is 85.8 Å². The number of nitrogens with two attached hydrogens (primary N) is 6. The van der Waals surface area contributed by atoms with E-state index in [0.717, 1.165) is 64.6 Å². The Morgan fingerprint density at radius 3 is 0.850 bits per heavy atom. The maximum Gasteiger partial charge on any atom is 0.323 e. The number of nitrogens with zero attached hydrogens (tertiary/aromatic N) is 6. The van der Waals surface area contributed by atoms with Crippen molar-refractivity contribution in [3.05, 3.63) is 275 Å². The van der Waals surface area contributed by atoms with E-state index in [9.17, 15) is 99.7 Å². The number of benzene rings is 7. The molecule has 0 aliphatic rings. The molecule has 6 atom stereocenters. The van der Waals surface area contributed by atoms with Gasteiger partial charge in [-0.2, -0.15) is 0 Å². The summed E-state index contributed by atoms with van der Waals surface area (Å²) in [4.78, 5) is 155. The summed E-state index contributed by atoms with van der Waals surface area (Å²) in [6.45, 7) is 0.653. The normalized spacial score (nSPS) is 11.7. The highest BCUT2D eigenvalue weighted by molar-refractivity contribution is 5.84. The van der Waals surface area contributed by atoms with Crippen LogP contribution in [0.25, 0.3) is 0 Å². The van der Waals surface area contributed by atoms with Crippen LogP contribution in [-0.4, -0.2) is 219 Å². The Kier molecular flexibility index (Phi) is 58.7. The number of carbonyl (C=O) groups excluding carboxylic acids is 6. The monoisotopic (exact) mass is 1880 g/mol. The number of rotatable bonds is 57. The second-order valence-electron chi connectivity index (χ2n) is 28.1. The van der Waals surface area contributed by atoms with Crippen molar-refractivity contribution in [2.45, 2.75) is 146 Å². The molecule has 0 saturated heterocycles. The number of ketones is 1. The summed E-state index contributed by atoms with van der Waals surface area (Å²) in [5.74, 6) is -1.81. The number of ether oxygens (including phenoxy) is 6. The Hall–Kier alpha value is -14.8. The van der Waals surface area contributed by atoms with Gasteiger partial charge in [0, 0.05) is 25.9 Å². The van der Waals surface area contributed by atoms with E-state index in [1.807, 2.05) is 0 Å². The number of unbranched alkanes of at least 4 members (excludes halogenated alkanes) is 5. The first-order valence-electron chi connectivity index (χ1n) is 40.9. The molecule has 0 saturated carbocycles. The van der Waals surface area contributed by atoms with Crippen molar-refractivity contribution < 1.29 is 147 Å². The number of phenols is 6. The van der Waals surface area contributed by atoms with Gasteiger partial charge in [0.2, 0.25) is 0 Å². The van der Waals surface area contributed by atoms with Crippen molar-refractivity contribution in [1.82, 2.24) is 5.32 Å². The zero-order valence-electron chi connectivity index (χ0n) is 72.4. The van der Waals surface area contributed by atoms with Crippen LogP contribution >= 0.6 is 0 Å². The van der Waals surface area contributed by atoms with Crippen LogP contribution in [0.4, 0.5) is 0 Å². The van der Waals surface area contributed by atoms with E-state index in [0.29, 0.717) is 63.5 Å². The number of esters is 5. The van der Waals surface area contributed by atoms with Crippen molar-refractivity contribution >= 4 is 35.6 Å². The third-order valence-corrected chi connectivity index (χ3v) is 17.4.